The molecule has 6 heteroatoms. The van der Waals surface area contributed by atoms with Crippen molar-refractivity contribution in [2.75, 3.05) is 0 Å². The van der Waals surface area contributed by atoms with Crippen molar-refractivity contribution in [3.8, 4) is 0 Å². The number of carbonyl (C=O) groups is 2. The summed E-state index contributed by atoms with van der Waals surface area (Å²) < 4.78 is 4.72. The maximum atomic E-state index is 10.5. The number of carbonyl (C=O) groups excluding carboxylic acids is 2. The van der Waals surface area contributed by atoms with Gasteiger partial charge in [0.15, 0.2) is 0 Å². The molecule has 0 heterocycles. The Labute approximate surface area is 90.8 Å². The Morgan fingerprint density at radius 1 is 1.44 bits per heavy atom. The largest absolute Gasteiger partial charge is 0.545 e. The molecule has 1 rings (SSSR count). The lowest BCUT2D eigenvalue weighted by Crippen LogP contribution is -2.35. The van der Waals surface area contributed by atoms with E-state index in [1.54, 1.807) is 0 Å². The molecule has 1 aliphatic carbocycles. The van der Waals surface area contributed by atoms with Crippen LogP contribution in [0.5, 0.6) is 0 Å². The van der Waals surface area contributed by atoms with Crippen molar-refractivity contribution in [2.24, 2.45) is 0 Å². The molecule has 1 N–H and O–H groups in total. The molecule has 6 nitrogen and oxygen atoms in total. The zero-order valence-corrected chi connectivity index (χ0v) is 8.08. The summed E-state index contributed by atoms with van der Waals surface area (Å²) in [5, 5.41) is 30.2. The van der Waals surface area contributed by atoms with E-state index in [9.17, 15) is 24.9 Å². The lowest BCUT2D eigenvalue weighted by atomic mass is 10.0. The highest BCUT2D eigenvalue weighted by molar-refractivity contribution is 5.88. The average Bonchev–Trinajstić information content (AvgIpc) is 2.20. The predicted molar refractivity (Wildman–Crippen MR) is 47.3 cm³/mol. The molecule has 1 unspecified atom stereocenters. The third-order valence-corrected chi connectivity index (χ3v) is 1.90. The van der Waals surface area contributed by atoms with Crippen molar-refractivity contribution >= 4 is 11.9 Å². The van der Waals surface area contributed by atoms with Gasteiger partial charge in [-0.05, 0) is 11.6 Å². The van der Waals surface area contributed by atoms with E-state index in [1.807, 2.05) is 0 Å². The van der Waals surface area contributed by atoms with Gasteiger partial charge in [0.25, 0.3) is 0 Å². The molecule has 16 heavy (non-hydrogen) atoms. The van der Waals surface area contributed by atoms with Crippen LogP contribution in [0.2, 0.25) is 0 Å². The number of aliphatic hydroxyl groups is 1. The molecule has 0 spiro atoms. The number of hydrogen-bond acceptors (Lipinski definition) is 6. The minimum Gasteiger partial charge on any atom is -0.545 e. The van der Waals surface area contributed by atoms with E-state index in [-0.39, 0.29) is 5.57 Å². The molecule has 0 amide bonds. The molecule has 0 aromatic carbocycles. The van der Waals surface area contributed by atoms with Crippen LogP contribution in [-0.2, 0) is 14.3 Å². The van der Waals surface area contributed by atoms with E-state index in [1.165, 1.54) is 0 Å². The van der Waals surface area contributed by atoms with E-state index in [0.717, 1.165) is 18.2 Å². The topological polar surface area (TPSA) is 110 Å². The third kappa shape index (κ3) is 2.71. The number of rotatable bonds is 4. The Kier molecular flexibility index (Phi) is 3.47. The van der Waals surface area contributed by atoms with Gasteiger partial charge in [0, 0.05) is 0 Å². The van der Waals surface area contributed by atoms with Crippen molar-refractivity contribution < 1.29 is 29.6 Å². The summed E-state index contributed by atoms with van der Waals surface area (Å²) >= 11 is 0. The van der Waals surface area contributed by atoms with Crippen molar-refractivity contribution in [1.82, 2.24) is 0 Å². The molecule has 0 fully saturated rings. The van der Waals surface area contributed by atoms with Gasteiger partial charge in [0.2, 0.25) is 0 Å². The first kappa shape index (κ1) is 12.0. The van der Waals surface area contributed by atoms with Crippen LogP contribution >= 0.6 is 0 Å². The number of carboxylic acid groups (broad SMARTS) is 2. The SMILES string of the molecule is C=C(OC1C=C(C(=O)[O-])C=C[C@H]1O)C(=O)[O-]. The first-order valence-corrected chi connectivity index (χ1v) is 4.28. The van der Waals surface area contributed by atoms with Crippen molar-refractivity contribution in [3.63, 3.8) is 0 Å². The van der Waals surface area contributed by atoms with Gasteiger partial charge in [-0.25, -0.2) is 0 Å². The highest BCUT2D eigenvalue weighted by Crippen LogP contribution is 2.16. The molecular formula is C10H8O6-2. The van der Waals surface area contributed by atoms with Crippen molar-refractivity contribution in [3.05, 3.63) is 36.1 Å². The Morgan fingerprint density at radius 2 is 2.06 bits per heavy atom. The van der Waals surface area contributed by atoms with Gasteiger partial charge < -0.3 is 29.6 Å². The Morgan fingerprint density at radius 3 is 2.56 bits per heavy atom. The van der Waals surface area contributed by atoms with Gasteiger partial charge in [0.05, 0.1) is 5.97 Å². The summed E-state index contributed by atoms with van der Waals surface area (Å²) in [5.74, 6) is -3.77. The van der Waals surface area contributed by atoms with E-state index >= 15 is 0 Å². The quantitative estimate of drug-likeness (QED) is 0.409. The number of hydrogen-bond donors (Lipinski definition) is 1. The molecule has 0 bridgehead atoms. The lowest BCUT2D eigenvalue weighted by molar-refractivity contribution is -0.303. The van der Waals surface area contributed by atoms with Crippen LogP contribution < -0.4 is 10.2 Å². The maximum Gasteiger partial charge on any atom is 0.147 e. The summed E-state index contributed by atoms with van der Waals surface area (Å²) in [5.41, 5.74) is -0.207. The van der Waals surface area contributed by atoms with Gasteiger partial charge in [0.1, 0.15) is 23.9 Å². The van der Waals surface area contributed by atoms with Gasteiger partial charge in [-0.15, -0.1) is 0 Å². The molecular weight excluding hydrogens is 216 g/mol. The standard InChI is InChI=1S/C10H10O6/c1-5(9(12)13)16-8-4-6(10(14)15)2-3-7(8)11/h2-4,7-8,11H,1H2,(H,12,13)(H,14,15)/p-2/t7-,8?/m1/s1. The van der Waals surface area contributed by atoms with Crippen LogP contribution in [0.1, 0.15) is 0 Å². The minimum absolute atomic E-state index is 0.207. The van der Waals surface area contributed by atoms with Crippen molar-refractivity contribution in [2.45, 2.75) is 12.2 Å². The second-order valence-electron chi connectivity index (χ2n) is 3.05. The fraction of sp³-hybridized carbons (Fsp3) is 0.200. The van der Waals surface area contributed by atoms with Gasteiger partial charge in [-0.2, -0.15) is 0 Å². The van der Waals surface area contributed by atoms with Gasteiger partial charge >= 0.3 is 0 Å². The lowest BCUT2D eigenvalue weighted by Gasteiger charge is -2.24. The molecule has 86 valence electrons. The summed E-state index contributed by atoms with van der Waals surface area (Å²) in [4.78, 5) is 20.8. The van der Waals surface area contributed by atoms with Gasteiger partial charge in [-0.1, -0.05) is 18.7 Å². The normalized spacial score (nSPS) is 23.4. The van der Waals surface area contributed by atoms with Crippen LogP contribution in [0.25, 0.3) is 0 Å². The monoisotopic (exact) mass is 224 g/mol. The second-order valence-corrected chi connectivity index (χ2v) is 3.05. The highest BCUT2D eigenvalue weighted by atomic mass is 16.5. The van der Waals surface area contributed by atoms with Crippen LogP contribution in [0.4, 0.5) is 0 Å². The van der Waals surface area contributed by atoms with Gasteiger partial charge in [-0.3, -0.25) is 0 Å². The summed E-state index contributed by atoms with van der Waals surface area (Å²) in [6, 6.07) is 0. The number of ether oxygens (including phenoxy) is 1. The first-order chi connectivity index (χ1) is 7.41. The Balaban J connectivity index is 2.80. The number of carboxylic acids is 2. The van der Waals surface area contributed by atoms with E-state index in [0.29, 0.717) is 0 Å². The Bertz CT molecular complexity index is 392. The molecule has 0 aromatic rings. The minimum atomic E-state index is -1.63. The van der Waals surface area contributed by atoms with E-state index in [4.69, 9.17) is 4.74 Å². The predicted octanol–water partition coefficient (Wildman–Crippen LogP) is -2.76. The first-order valence-electron chi connectivity index (χ1n) is 4.28. The number of aliphatic carboxylic acids is 2. The van der Waals surface area contributed by atoms with E-state index < -0.39 is 29.9 Å². The molecule has 0 radical (unpaired) electrons. The maximum absolute atomic E-state index is 10.5. The van der Waals surface area contributed by atoms with Crippen LogP contribution in [0.15, 0.2) is 36.1 Å². The molecule has 0 aliphatic heterocycles. The number of aliphatic hydroxyl groups excluding tert-OH is 1. The average molecular weight is 224 g/mol. The fourth-order valence-corrected chi connectivity index (χ4v) is 1.10. The highest BCUT2D eigenvalue weighted by Gasteiger charge is 2.21. The van der Waals surface area contributed by atoms with E-state index in [2.05, 4.69) is 6.58 Å². The molecule has 0 aromatic heterocycles. The molecule has 0 saturated carbocycles. The zero-order chi connectivity index (χ0) is 12.3. The van der Waals surface area contributed by atoms with Crippen molar-refractivity contribution in [1.29, 1.82) is 0 Å². The fourth-order valence-electron chi connectivity index (χ4n) is 1.10. The molecule has 2 atom stereocenters. The van der Waals surface area contributed by atoms with Crippen LogP contribution in [-0.4, -0.2) is 29.3 Å². The Hall–Kier alpha value is -2.08. The molecule has 1 aliphatic rings. The third-order valence-electron chi connectivity index (χ3n) is 1.90. The molecule has 0 saturated heterocycles. The van der Waals surface area contributed by atoms with Crippen LogP contribution in [0.3, 0.4) is 0 Å². The zero-order valence-electron chi connectivity index (χ0n) is 8.08. The van der Waals surface area contributed by atoms with Crippen LogP contribution in [0, 0.1) is 0 Å². The summed E-state index contributed by atoms with van der Waals surface area (Å²) in [6.07, 6.45) is 1.04. The summed E-state index contributed by atoms with van der Waals surface area (Å²) in [6.45, 7) is 3.04. The second kappa shape index (κ2) is 4.63. The smallest absolute Gasteiger partial charge is 0.147 e. The summed E-state index contributed by atoms with van der Waals surface area (Å²) in [7, 11) is 0.